The van der Waals surface area contributed by atoms with Gasteiger partial charge in [-0.3, -0.25) is 9.10 Å². The van der Waals surface area contributed by atoms with Gasteiger partial charge in [0.15, 0.2) is 11.5 Å². The van der Waals surface area contributed by atoms with Gasteiger partial charge in [0.1, 0.15) is 18.9 Å². The van der Waals surface area contributed by atoms with Crippen LogP contribution in [0.3, 0.4) is 0 Å². The SMILES string of the molecule is CCOc1ccc(N(CC(=O)N/N=C\c2ccc(OCc3ccc(Cl)cc3)c(OCC)c2)S(C)(=O)=O)cc1. The van der Waals surface area contributed by atoms with Crippen molar-refractivity contribution in [1.82, 2.24) is 5.43 Å². The average Bonchev–Trinajstić information content (AvgIpc) is 2.88. The van der Waals surface area contributed by atoms with Crippen molar-refractivity contribution >= 4 is 39.4 Å². The second-order valence-electron chi connectivity index (χ2n) is 8.04. The van der Waals surface area contributed by atoms with Gasteiger partial charge in [0.25, 0.3) is 5.91 Å². The van der Waals surface area contributed by atoms with Crippen LogP contribution in [-0.2, 0) is 21.4 Å². The monoisotopic (exact) mass is 559 g/mol. The van der Waals surface area contributed by atoms with Gasteiger partial charge in [-0.15, -0.1) is 0 Å². The number of nitrogens with one attached hydrogen (secondary N) is 1. The van der Waals surface area contributed by atoms with E-state index in [4.69, 9.17) is 25.8 Å². The molecule has 0 aliphatic heterocycles. The van der Waals surface area contributed by atoms with E-state index in [0.717, 1.165) is 16.1 Å². The summed E-state index contributed by atoms with van der Waals surface area (Å²) in [4.78, 5) is 12.5. The molecule has 0 spiro atoms. The van der Waals surface area contributed by atoms with Crippen molar-refractivity contribution in [3.63, 3.8) is 0 Å². The largest absolute Gasteiger partial charge is 0.494 e. The number of ether oxygens (including phenoxy) is 3. The average molecular weight is 560 g/mol. The molecule has 0 heterocycles. The number of nitrogens with zero attached hydrogens (tertiary/aromatic N) is 2. The number of hydrogen-bond donors (Lipinski definition) is 1. The Hall–Kier alpha value is -3.76. The van der Waals surface area contributed by atoms with Crippen LogP contribution >= 0.6 is 11.6 Å². The number of carbonyl (C=O) groups is 1. The molecule has 0 aliphatic rings. The molecular formula is C27H30ClN3O6S. The minimum absolute atomic E-state index is 0.339. The Kier molecular flexibility index (Phi) is 10.4. The van der Waals surface area contributed by atoms with E-state index >= 15 is 0 Å². The van der Waals surface area contributed by atoms with E-state index in [1.54, 1.807) is 54.6 Å². The Morgan fingerprint density at radius 2 is 1.63 bits per heavy atom. The smallest absolute Gasteiger partial charge is 0.260 e. The van der Waals surface area contributed by atoms with Gasteiger partial charge in [-0.05, 0) is 79.6 Å². The zero-order valence-corrected chi connectivity index (χ0v) is 23.0. The van der Waals surface area contributed by atoms with Crippen LogP contribution in [0.1, 0.15) is 25.0 Å². The van der Waals surface area contributed by atoms with Gasteiger partial charge in [0, 0.05) is 5.02 Å². The van der Waals surface area contributed by atoms with Gasteiger partial charge in [0.05, 0.1) is 31.4 Å². The number of benzene rings is 3. The standard InChI is InChI=1S/C27H30ClN3O6S/c1-4-35-24-13-11-23(12-14-24)31(38(3,33)34)18-27(32)30-29-17-21-8-15-25(26(16-21)36-5-2)37-19-20-6-9-22(28)10-7-20/h6-17H,4-5,18-19H2,1-3H3,(H,30,32)/b29-17-. The maximum atomic E-state index is 12.5. The molecule has 0 aromatic heterocycles. The number of hydrazone groups is 1. The Morgan fingerprint density at radius 1 is 0.947 bits per heavy atom. The third-order valence-electron chi connectivity index (χ3n) is 5.10. The molecule has 202 valence electrons. The second-order valence-corrected chi connectivity index (χ2v) is 10.4. The van der Waals surface area contributed by atoms with Crippen molar-refractivity contribution in [2.24, 2.45) is 5.10 Å². The third kappa shape index (κ3) is 8.67. The lowest BCUT2D eigenvalue weighted by molar-refractivity contribution is -0.119. The zero-order chi connectivity index (χ0) is 27.5. The maximum absolute atomic E-state index is 12.5. The molecule has 3 rings (SSSR count). The lowest BCUT2D eigenvalue weighted by Gasteiger charge is -2.21. The molecule has 0 saturated heterocycles. The number of amides is 1. The highest BCUT2D eigenvalue weighted by molar-refractivity contribution is 7.92. The molecule has 0 atom stereocenters. The molecule has 3 aromatic rings. The summed E-state index contributed by atoms with van der Waals surface area (Å²) in [6, 6.07) is 19.1. The van der Waals surface area contributed by atoms with Crippen molar-refractivity contribution < 1.29 is 27.4 Å². The number of rotatable bonds is 13. The molecule has 11 heteroatoms. The first-order valence-electron chi connectivity index (χ1n) is 11.9. The molecule has 0 fully saturated rings. The number of hydrogen-bond acceptors (Lipinski definition) is 7. The topological polar surface area (TPSA) is 107 Å². The van der Waals surface area contributed by atoms with Crippen molar-refractivity contribution in [3.05, 3.63) is 82.9 Å². The summed E-state index contributed by atoms with van der Waals surface area (Å²) in [5, 5.41) is 4.62. The van der Waals surface area contributed by atoms with Gasteiger partial charge in [0.2, 0.25) is 10.0 Å². The summed E-state index contributed by atoms with van der Waals surface area (Å²) in [5.74, 6) is 1.08. The fourth-order valence-corrected chi connectivity index (χ4v) is 4.34. The van der Waals surface area contributed by atoms with E-state index in [-0.39, 0.29) is 0 Å². The first kappa shape index (κ1) is 28.8. The fraction of sp³-hybridized carbons (Fsp3) is 0.259. The van der Waals surface area contributed by atoms with Gasteiger partial charge < -0.3 is 14.2 Å². The normalized spacial score (nSPS) is 11.3. The van der Waals surface area contributed by atoms with Crippen molar-refractivity contribution in [1.29, 1.82) is 0 Å². The summed E-state index contributed by atoms with van der Waals surface area (Å²) in [6.07, 6.45) is 2.47. The van der Waals surface area contributed by atoms with E-state index in [0.29, 0.717) is 53.3 Å². The molecule has 1 amide bonds. The maximum Gasteiger partial charge on any atom is 0.260 e. The molecule has 0 bridgehead atoms. The van der Waals surface area contributed by atoms with E-state index in [1.807, 2.05) is 26.0 Å². The highest BCUT2D eigenvalue weighted by Gasteiger charge is 2.20. The highest BCUT2D eigenvalue weighted by atomic mass is 35.5. The predicted molar refractivity (Wildman–Crippen MR) is 149 cm³/mol. The molecule has 1 N–H and O–H groups in total. The number of sulfonamides is 1. The Bertz CT molecular complexity index is 1350. The Labute approximate surface area is 228 Å². The molecule has 0 aliphatic carbocycles. The molecule has 0 radical (unpaired) electrons. The van der Waals surface area contributed by atoms with Crippen LogP contribution in [0.2, 0.25) is 5.02 Å². The lowest BCUT2D eigenvalue weighted by Crippen LogP contribution is -2.39. The second kappa shape index (κ2) is 13.7. The van der Waals surface area contributed by atoms with Crippen LogP contribution in [-0.4, -0.2) is 46.6 Å². The minimum Gasteiger partial charge on any atom is -0.494 e. The number of halogens is 1. The van der Waals surface area contributed by atoms with E-state index < -0.39 is 22.5 Å². The van der Waals surface area contributed by atoms with Crippen molar-refractivity contribution in [3.8, 4) is 17.2 Å². The minimum atomic E-state index is -3.72. The summed E-state index contributed by atoms with van der Waals surface area (Å²) in [6.45, 7) is 4.53. The predicted octanol–water partition coefficient (Wildman–Crippen LogP) is 4.63. The number of carbonyl (C=O) groups excluding carboxylic acids is 1. The Morgan fingerprint density at radius 3 is 2.26 bits per heavy atom. The van der Waals surface area contributed by atoms with Gasteiger partial charge in [-0.1, -0.05) is 23.7 Å². The summed E-state index contributed by atoms with van der Waals surface area (Å²) >= 11 is 5.93. The van der Waals surface area contributed by atoms with Gasteiger partial charge in [-0.25, -0.2) is 13.8 Å². The van der Waals surface area contributed by atoms with Crippen LogP contribution in [0.4, 0.5) is 5.69 Å². The van der Waals surface area contributed by atoms with Crippen LogP contribution < -0.4 is 23.9 Å². The van der Waals surface area contributed by atoms with E-state index in [1.165, 1.54) is 6.21 Å². The van der Waals surface area contributed by atoms with Crippen LogP contribution in [0, 0.1) is 0 Å². The highest BCUT2D eigenvalue weighted by Crippen LogP contribution is 2.29. The summed E-state index contributed by atoms with van der Waals surface area (Å²) in [7, 11) is -3.72. The van der Waals surface area contributed by atoms with Crippen molar-refractivity contribution in [2.75, 3.05) is 30.3 Å². The van der Waals surface area contributed by atoms with Crippen LogP contribution in [0.25, 0.3) is 0 Å². The molecule has 9 nitrogen and oxygen atoms in total. The first-order chi connectivity index (χ1) is 18.2. The molecular weight excluding hydrogens is 530 g/mol. The van der Waals surface area contributed by atoms with Gasteiger partial charge in [-0.2, -0.15) is 5.10 Å². The molecule has 0 saturated carbocycles. The summed E-state index contributed by atoms with van der Waals surface area (Å²) < 4.78 is 42.6. The molecule has 38 heavy (non-hydrogen) atoms. The summed E-state index contributed by atoms with van der Waals surface area (Å²) in [5.41, 5.74) is 4.32. The van der Waals surface area contributed by atoms with Crippen LogP contribution in [0.15, 0.2) is 71.8 Å². The van der Waals surface area contributed by atoms with Crippen molar-refractivity contribution in [2.45, 2.75) is 20.5 Å². The quantitative estimate of drug-likeness (QED) is 0.242. The first-order valence-corrected chi connectivity index (χ1v) is 14.1. The lowest BCUT2D eigenvalue weighted by atomic mass is 10.2. The van der Waals surface area contributed by atoms with E-state index in [9.17, 15) is 13.2 Å². The third-order valence-corrected chi connectivity index (χ3v) is 6.49. The van der Waals surface area contributed by atoms with Gasteiger partial charge >= 0.3 is 0 Å². The zero-order valence-electron chi connectivity index (χ0n) is 21.4. The number of anilines is 1. The Balaban J connectivity index is 1.63. The molecule has 3 aromatic carbocycles. The van der Waals surface area contributed by atoms with Crippen LogP contribution in [0.5, 0.6) is 17.2 Å². The molecule has 0 unspecified atom stereocenters. The fourth-order valence-electron chi connectivity index (χ4n) is 3.35. The van der Waals surface area contributed by atoms with E-state index in [2.05, 4.69) is 10.5 Å².